The average Bonchev–Trinajstić information content (AvgIpc) is 3.21. The highest BCUT2D eigenvalue weighted by molar-refractivity contribution is 7.89. The molecule has 0 heterocycles. The molecule has 5 rings (SSSR count). The fourth-order valence-corrected chi connectivity index (χ4v) is 10.6. The van der Waals surface area contributed by atoms with Crippen LogP contribution >= 0.6 is 11.6 Å². The number of anilines is 1. The average molecular weight is 581 g/mol. The van der Waals surface area contributed by atoms with E-state index in [1.54, 1.807) is 0 Å². The maximum atomic E-state index is 12.8. The van der Waals surface area contributed by atoms with Gasteiger partial charge in [-0.25, -0.2) is 13.6 Å². The molecule has 4 saturated carbocycles. The molecule has 0 radical (unpaired) electrons. The van der Waals surface area contributed by atoms with E-state index in [1.807, 2.05) is 0 Å². The number of rotatable bonds is 6. The number of carbonyl (C=O) groups is 1. The zero-order valence-corrected chi connectivity index (χ0v) is 25.0. The Balaban J connectivity index is 1.22. The molecule has 218 valence electrons. The molecule has 10 atom stereocenters. The zero-order valence-electron chi connectivity index (χ0n) is 23.4. The van der Waals surface area contributed by atoms with E-state index < -0.39 is 10.0 Å². The lowest BCUT2D eigenvalue weighted by molar-refractivity contribution is -0.174. The van der Waals surface area contributed by atoms with Crippen LogP contribution in [0.2, 0.25) is 5.02 Å². The summed E-state index contributed by atoms with van der Waals surface area (Å²) < 4.78 is 23.1. The summed E-state index contributed by atoms with van der Waals surface area (Å²) in [6.07, 6.45) is 8.84. The number of primary sulfonamides is 1. The number of fused-ring (bicyclic) bond motifs is 5. The van der Waals surface area contributed by atoms with Crippen LogP contribution in [0.5, 0.6) is 0 Å². The molecule has 1 aromatic carbocycles. The van der Waals surface area contributed by atoms with Crippen molar-refractivity contribution in [3.63, 3.8) is 0 Å². The summed E-state index contributed by atoms with van der Waals surface area (Å²) >= 11 is 6.20. The Morgan fingerprint density at radius 2 is 1.79 bits per heavy atom. The van der Waals surface area contributed by atoms with Gasteiger partial charge in [0.1, 0.15) is 0 Å². The van der Waals surface area contributed by atoms with E-state index in [0.717, 1.165) is 51.4 Å². The van der Waals surface area contributed by atoms with E-state index in [9.17, 15) is 23.4 Å². The van der Waals surface area contributed by atoms with E-state index >= 15 is 0 Å². The highest BCUT2D eigenvalue weighted by Gasteiger charge is 2.62. The maximum Gasteiger partial charge on any atom is 0.238 e. The highest BCUT2D eigenvalue weighted by atomic mass is 35.5. The van der Waals surface area contributed by atoms with E-state index in [1.165, 1.54) is 24.6 Å². The summed E-state index contributed by atoms with van der Waals surface area (Å²) in [5.74, 6) is 2.53. The lowest BCUT2D eigenvalue weighted by Crippen LogP contribution is -2.58. The van der Waals surface area contributed by atoms with Gasteiger partial charge < -0.3 is 15.5 Å². The van der Waals surface area contributed by atoms with Crippen molar-refractivity contribution in [2.24, 2.45) is 51.5 Å². The minimum atomic E-state index is -3.86. The van der Waals surface area contributed by atoms with Gasteiger partial charge in [-0.15, -0.1) is 0 Å². The van der Waals surface area contributed by atoms with Crippen LogP contribution in [0.4, 0.5) is 5.69 Å². The largest absolute Gasteiger partial charge is 0.393 e. The molecule has 7 nitrogen and oxygen atoms in total. The lowest BCUT2D eigenvalue weighted by atomic mass is 9.43. The number of nitrogens with one attached hydrogen (secondary N) is 1. The SMILES string of the molecule is C[C@H](CCC(=O)Nc1ccc(S(N)(=O)=O)cc1Cl)[C@H]1CC[C@H]2[C@@H]3[C@H](O)C[C@@H]4C[C@H](O)CC[C@]4(C)[C@H]3CC[C@]12C. The summed E-state index contributed by atoms with van der Waals surface area (Å²) in [4.78, 5) is 12.7. The van der Waals surface area contributed by atoms with E-state index in [-0.39, 0.29) is 38.9 Å². The van der Waals surface area contributed by atoms with Crippen LogP contribution < -0.4 is 10.5 Å². The van der Waals surface area contributed by atoms with Crippen molar-refractivity contribution in [1.82, 2.24) is 0 Å². The molecule has 4 aliphatic rings. The normalized spacial score (nSPS) is 40.7. The molecular weight excluding hydrogens is 536 g/mol. The first-order valence-electron chi connectivity index (χ1n) is 14.7. The lowest BCUT2D eigenvalue weighted by Gasteiger charge is -2.62. The van der Waals surface area contributed by atoms with Gasteiger partial charge in [0.05, 0.1) is 27.8 Å². The number of benzene rings is 1. The second kappa shape index (κ2) is 10.6. The Kier molecular flexibility index (Phi) is 7.95. The van der Waals surface area contributed by atoms with Gasteiger partial charge >= 0.3 is 0 Å². The standard InChI is InChI=1S/C30H45ClN2O5S/c1-17(4-9-27(36)33-25-8-5-20(16-24(25)31)39(32,37)38)21-6-7-22-28-23(11-13-30(21,22)3)29(2)12-10-19(34)14-18(29)15-26(28)35/h5,8,16-19,21-23,26,28,34-35H,4,6-7,9-15H2,1-3H3,(H,33,36)(H2,32,37,38)/t17-,18+,19-,21-,22+,23+,26-,28+,29+,30-/m1/s1. The first-order valence-corrected chi connectivity index (χ1v) is 16.6. The fourth-order valence-electron chi connectivity index (χ4n) is 9.72. The van der Waals surface area contributed by atoms with E-state index in [0.29, 0.717) is 47.6 Å². The number of sulfonamides is 1. The van der Waals surface area contributed by atoms with Gasteiger partial charge in [-0.1, -0.05) is 32.4 Å². The van der Waals surface area contributed by atoms with Crippen molar-refractivity contribution in [2.75, 3.05) is 5.32 Å². The minimum absolute atomic E-state index is 0.0912. The molecule has 1 amide bonds. The number of aliphatic hydroxyl groups excluding tert-OH is 2. The third kappa shape index (κ3) is 5.29. The van der Waals surface area contributed by atoms with Crippen LogP contribution in [0.1, 0.15) is 85.0 Å². The van der Waals surface area contributed by atoms with Crippen LogP contribution in [0.15, 0.2) is 23.1 Å². The molecule has 4 aliphatic carbocycles. The second-order valence-corrected chi connectivity index (χ2v) is 15.7. The molecule has 4 fully saturated rings. The van der Waals surface area contributed by atoms with Gasteiger partial charge in [0.25, 0.3) is 0 Å². The van der Waals surface area contributed by atoms with Gasteiger partial charge in [-0.3, -0.25) is 4.79 Å². The van der Waals surface area contributed by atoms with Crippen molar-refractivity contribution in [3.8, 4) is 0 Å². The summed E-state index contributed by atoms with van der Waals surface area (Å²) in [6, 6.07) is 4.06. The van der Waals surface area contributed by atoms with Crippen LogP contribution in [-0.4, -0.2) is 36.7 Å². The van der Waals surface area contributed by atoms with Gasteiger partial charge in [0, 0.05) is 6.42 Å². The molecule has 0 aromatic heterocycles. The Labute approximate surface area is 238 Å². The number of carbonyl (C=O) groups excluding carboxylic acids is 1. The Bertz CT molecular complexity index is 1210. The number of nitrogens with two attached hydrogens (primary N) is 1. The van der Waals surface area contributed by atoms with Gasteiger partial charge in [-0.05, 0) is 122 Å². The van der Waals surface area contributed by atoms with Crippen LogP contribution in [0, 0.1) is 46.3 Å². The fraction of sp³-hybridized carbons (Fsp3) is 0.767. The van der Waals surface area contributed by atoms with Crippen molar-refractivity contribution in [1.29, 1.82) is 0 Å². The molecule has 9 heteroatoms. The third-order valence-corrected chi connectivity index (χ3v) is 13.0. The molecule has 0 bridgehead atoms. The molecule has 0 spiro atoms. The number of amides is 1. The smallest absolute Gasteiger partial charge is 0.238 e. The zero-order chi connectivity index (χ0) is 28.3. The van der Waals surface area contributed by atoms with Crippen molar-refractivity contribution < 1.29 is 23.4 Å². The topological polar surface area (TPSA) is 130 Å². The predicted octanol–water partition coefficient (Wildman–Crippen LogP) is 5.33. The van der Waals surface area contributed by atoms with E-state index in [2.05, 4.69) is 26.1 Å². The molecule has 0 unspecified atom stereocenters. The first kappa shape index (κ1) is 29.3. The van der Waals surface area contributed by atoms with Gasteiger partial charge in [0.15, 0.2) is 0 Å². The highest BCUT2D eigenvalue weighted by Crippen LogP contribution is 2.68. The van der Waals surface area contributed by atoms with Crippen LogP contribution in [0.25, 0.3) is 0 Å². The summed E-state index contributed by atoms with van der Waals surface area (Å²) in [7, 11) is -3.86. The molecule has 39 heavy (non-hydrogen) atoms. The number of hydrogen-bond acceptors (Lipinski definition) is 5. The number of hydrogen-bond donors (Lipinski definition) is 4. The molecule has 0 aliphatic heterocycles. The summed E-state index contributed by atoms with van der Waals surface area (Å²) in [5.41, 5.74) is 0.767. The number of halogens is 1. The quantitative estimate of drug-likeness (QED) is 0.361. The van der Waals surface area contributed by atoms with E-state index in [4.69, 9.17) is 16.7 Å². The molecule has 0 saturated heterocycles. The third-order valence-electron chi connectivity index (χ3n) is 11.8. The Morgan fingerprint density at radius 3 is 2.49 bits per heavy atom. The number of aliphatic hydroxyl groups is 2. The molecule has 1 aromatic rings. The van der Waals surface area contributed by atoms with Crippen molar-refractivity contribution in [3.05, 3.63) is 23.2 Å². The Hall–Kier alpha value is -1.19. The Morgan fingerprint density at radius 1 is 1.10 bits per heavy atom. The first-order chi connectivity index (χ1) is 18.2. The monoisotopic (exact) mass is 580 g/mol. The van der Waals surface area contributed by atoms with Gasteiger partial charge in [0.2, 0.25) is 15.9 Å². The van der Waals surface area contributed by atoms with Crippen LogP contribution in [-0.2, 0) is 14.8 Å². The summed E-state index contributed by atoms with van der Waals surface area (Å²) in [5, 5.41) is 29.9. The van der Waals surface area contributed by atoms with Crippen LogP contribution in [0.3, 0.4) is 0 Å². The molecule has 5 N–H and O–H groups in total. The minimum Gasteiger partial charge on any atom is -0.393 e. The summed E-state index contributed by atoms with van der Waals surface area (Å²) in [6.45, 7) is 7.15. The maximum absolute atomic E-state index is 12.8. The van der Waals surface area contributed by atoms with Crippen molar-refractivity contribution in [2.45, 2.75) is 102 Å². The second-order valence-electron chi connectivity index (χ2n) is 13.7. The predicted molar refractivity (Wildman–Crippen MR) is 152 cm³/mol. The van der Waals surface area contributed by atoms with Crippen molar-refractivity contribution >= 4 is 33.2 Å². The molecular formula is C30H45ClN2O5S. The van der Waals surface area contributed by atoms with Gasteiger partial charge in [-0.2, -0.15) is 0 Å².